The van der Waals surface area contributed by atoms with E-state index >= 15 is 0 Å². The molecule has 1 atom stereocenters. The zero-order valence-electron chi connectivity index (χ0n) is 19.5. The Balaban J connectivity index is 1.67. The van der Waals surface area contributed by atoms with E-state index in [2.05, 4.69) is 26.8 Å². The maximum absolute atomic E-state index is 12.9. The SMILES string of the molecule is COCOc1cc2oc(-c3ccccc3)cc(=O)c2c(O)c1C/C=C(/C)CC[C@@H]1OC1(C)C. The highest BCUT2D eigenvalue weighted by Crippen LogP contribution is 2.40. The van der Waals surface area contributed by atoms with Crippen LogP contribution in [0.4, 0.5) is 0 Å². The summed E-state index contributed by atoms with van der Waals surface area (Å²) in [5.41, 5.74) is 2.43. The van der Waals surface area contributed by atoms with Gasteiger partial charge in [0.15, 0.2) is 12.2 Å². The number of phenols is 1. The van der Waals surface area contributed by atoms with E-state index in [9.17, 15) is 9.90 Å². The fraction of sp³-hybridized carbons (Fsp3) is 0.370. The maximum Gasteiger partial charge on any atom is 0.197 e. The number of fused-ring (bicyclic) bond motifs is 1. The molecule has 6 heteroatoms. The van der Waals surface area contributed by atoms with Gasteiger partial charge in [-0.2, -0.15) is 0 Å². The Labute approximate surface area is 193 Å². The number of phenolic OH excluding ortho intramolecular Hbond substituents is 1. The Kier molecular flexibility index (Phi) is 6.58. The van der Waals surface area contributed by atoms with Crippen molar-refractivity contribution in [1.29, 1.82) is 0 Å². The van der Waals surface area contributed by atoms with Crippen LogP contribution in [0.5, 0.6) is 11.5 Å². The number of ether oxygens (including phenoxy) is 3. The highest BCUT2D eigenvalue weighted by Gasteiger charge is 2.46. The fourth-order valence-corrected chi connectivity index (χ4v) is 3.99. The third kappa shape index (κ3) is 5.13. The van der Waals surface area contributed by atoms with Gasteiger partial charge in [0.2, 0.25) is 0 Å². The lowest BCUT2D eigenvalue weighted by atomic mass is 10.00. The lowest BCUT2D eigenvalue weighted by Crippen LogP contribution is -2.06. The molecule has 33 heavy (non-hydrogen) atoms. The summed E-state index contributed by atoms with van der Waals surface area (Å²) in [4.78, 5) is 12.9. The van der Waals surface area contributed by atoms with Crippen LogP contribution in [-0.4, -0.2) is 30.7 Å². The Morgan fingerprint density at radius 3 is 2.61 bits per heavy atom. The van der Waals surface area contributed by atoms with Crippen molar-refractivity contribution in [2.75, 3.05) is 13.9 Å². The van der Waals surface area contributed by atoms with Crippen LogP contribution < -0.4 is 10.2 Å². The summed E-state index contributed by atoms with van der Waals surface area (Å²) in [5.74, 6) is 0.729. The minimum atomic E-state index is -0.305. The van der Waals surface area contributed by atoms with E-state index in [1.165, 1.54) is 18.7 Å². The topological polar surface area (TPSA) is 81.4 Å². The van der Waals surface area contributed by atoms with Crippen molar-refractivity contribution in [1.82, 2.24) is 0 Å². The zero-order valence-corrected chi connectivity index (χ0v) is 19.5. The first-order chi connectivity index (χ1) is 15.8. The van der Waals surface area contributed by atoms with E-state index in [0.717, 1.165) is 18.4 Å². The van der Waals surface area contributed by atoms with E-state index in [1.807, 2.05) is 30.3 Å². The molecule has 1 fully saturated rings. The van der Waals surface area contributed by atoms with E-state index in [-0.39, 0.29) is 34.5 Å². The van der Waals surface area contributed by atoms with Gasteiger partial charge in [0.05, 0.1) is 11.7 Å². The number of methoxy groups -OCH3 is 1. The number of aromatic hydroxyl groups is 1. The molecule has 0 bridgehead atoms. The summed E-state index contributed by atoms with van der Waals surface area (Å²) in [7, 11) is 1.53. The molecule has 1 N–H and O–H groups in total. The van der Waals surface area contributed by atoms with Crippen molar-refractivity contribution in [3.8, 4) is 22.8 Å². The van der Waals surface area contributed by atoms with Crippen molar-refractivity contribution < 1.29 is 23.7 Å². The van der Waals surface area contributed by atoms with E-state index in [1.54, 1.807) is 6.07 Å². The van der Waals surface area contributed by atoms with Crippen LogP contribution in [-0.2, 0) is 15.9 Å². The van der Waals surface area contributed by atoms with Crippen LogP contribution in [0, 0.1) is 0 Å². The average Bonchev–Trinajstić information content (AvgIpc) is 3.42. The van der Waals surface area contributed by atoms with Gasteiger partial charge in [-0.3, -0.25) is 4.79 Å². The van der Waals surface area contributed by atoms with Gasteiger partial charge in [-0.05, 0) is 40.0 Å². The van der Waals surface area contributed by atoms with Crippen LogP contribution in [0.2, 0.25) is 0 Å². The summed E-state index contributed by atoms with van der Waals surface area (Å²) in [5, 5.41) is 11.2. The average molecular weight is 451 g/mol. The number of hydrogen-bond donors (Lipinski definition) is 1. The van der Waals surface area contributed by atoms with Crippen molar-refractivity contribution >= 4 is 11.0 Å². The van der Waals surface area contributed by atoms with Gasteiger partial charge in [-0.25, -0.2) is 0 Å². The Morgan fingerprint density at radius 2 is 1.94 bits per heavy atom. The summed E-state index contributed by atoms with van der Waals surface area (Å²) >= 11 is 0. The second-order valence-electron chi connectivity index (χ2n) is 8.97. The first-order valence-electron chi connectivity index (χ1n) is 11.1. The predicted octanol–water partition coefficient (Wildman–Crippen LogP) is 5.59. The normalized spacial score (nSPS) is 17.3. The molecule has 2 heterocycles. The molecule has 1 aliphatic rings. The van der Waals surface area contributed by atoms with Crippen LogP contribution in [0.25, 0.3) is 22.3 Å². The molecule has 174 valence electrons. The monoisotopic (exact) mass is 450 g/mol. The maximum atomic E-state index is 12.9. The molecule has 0 amide bonds. The van der Waals surface area contributed by atoms with Gasteiger partial charge in [-0.15, -0.1) is 0 Å². The molecule has 0 saturated carbocycles. The quantitative estimate of drug-likeness (QED) is 0.260. The third-order valence-corrected chi connectivity index (χ3v) is 6.07. The highest BCUT2D eigenvalue weighted by atomic mass is 16.7. The smallest absolute Gasteiger partial charge is 0.197 e. The van der Waals surface area contributed by atoms with E-state index in [4.69, 9.17) is 18.6 Å². The summed E-state index contributed by atoms with van der Waals surface area (Å²) in [6.45, 7) is 6.26. The molecule has 1 aromatic heterocycles. The Bertz CT molecular complexity index is 1220. The van der Waals surface area contributed by atoms with Gasteiger partial charge in [-0.1, -0.05) is 42.0 Å². The fourth-order valence-electron chi connectivity index (χ4n) is 3.99. The number of hydrogen-bond acceptors (Lipinski definition) is 6. The lowest BCUT2D eigenvalue weighted by molar-refractivity contribution is 0.0504. The molecule has 0 unspecified atom stereocenters. The largest absolute Gasteiger partial charge is 0.507 e. The van der Waals surface area contributed by atoms with Crippen LogP contribution in [0.1, 0.15) is 39.2 Å². The van der Waals surface area contributed by atoms with Crippen LogP contribution >= 0.6 is 0 Å². The van der Waals surface area contributed by atoms with E-state index < -0.39 is 0 Å². The summed E-state index contributed by atoms with van der Waals surface area (Å²) in [6, 6.07) is 12.4. The molecule has 0 aliphatic carbocycles. The Hall–Kier alpha value is -3.09. The molecular weight excluding hydrogens is 420 g/mol. The number of benzene rings is 2. The van der Waals surface area contributed by atoms with Crippen molar-refractivity contribution in [3.05, 3.63) is 69.9 Å². The third-order valence-electron chi connectivity index (χ3n) is 6.07. The molecule has 0 radical (unpaired) electrons. The second kappa shape index (κ2) is 9.41. The second-order valence-corrected chi connectivity index (χ2v) is 8.97. The number of allylic oxidation sites excluding steroid dienone is 2. The standard InChI is InChI=1S/C27H30O6/c1-17(11-13-24-27(2,3)33-24)10-12-19-22(31-16-30-4)15-23-25(26(19)29)20(28)14-21(32-23)18-8-6-5-7-9-18/h5-10,14-15,24,29H,11-13,16H2,1-4H3/b17-10-/t24-/m0/s1. The molecular formula is C27H30O6. The van der Waals surface area contributed by atoms with Gasteiger partial charge in [0.25, 0.3) is 0 Å². The van der Waals surface area contributed by atoms with Crippen molar-refractivity contribution in [2.45, 2.75) is 51.7 Å². The first kappa shape index (κ1) is 23.1. The minimum absolute atomic E-state index is 0.0113. The zero-order chi connectivity index (χ0) is 23.6. The summed E-state index contributed by atoms with van der Waals surface area (Å²) < 4.78 is 22.4. The van der Waals surface area contributed by atoms with Gasteiger partial charge >= 0.3 is 0 Å². The van der Waals surface area contributed by atoms with Crippen LogP contribution in [0.3, 0.4) is 0 Å². The predicted molar refractivity (Wildman–Crippen MR) is 128 cm³/mol. The molecule has 4 rings (SSSR count). The van der Waals surface area contributed by atoms with Crippen molar-refractivity contribution in [2.24, 2.45) is 0 Å². The summed E-state index contributed by atoms with van der Waals surface area (Å²) in [6.07, 6.45) is 4.62. The van der Waals surface area contributed by atoms with Gasteiger partial charge in [0.1, 0.15) is 28.2 Å². The molecule has 2 aromatic carbocycles. The molecule has 0 spiro atoms. The van der Waals surface area contributed by atoms with Gasteiger partial charge in [0, 0.05) is 30.4 Å². The molecule has 3 aromatic rings. The minimum Gasteiger partial charge on any atom is -0.507 e. The van der Waals surface area contributed by atoms with Crippen molar-refractivity contribution in [3.63, 3.8) is 0 Å². The first-order valence-corrected chi connectivity index (χ1v) is 11.1. The number of rotatable bonds is 9. The molecule has 1 aliphatic heterocycles. The van der Waals surface area contributed by atoms with E-state index in [0.29, 0.717) is 29.6 Å². The van der Waals surface area contributed by atoms with Crippen LogP contribution in [0.15, 0.2) is 63.3 Å². The highest BCUT2D eigenvalue weighted by molar-refractivity contribution is 5.88. The Morgan fingerprint density at radius 1 is 1.21 bits per heavy atom. The molecule has 6 nitrogen and oxygen atoms in total. The number of epoxide rings is 1. The van der Waals surface area contributed by atoms with Gasteiger partial charge < -0.3 is 23.7 Å². The molecule has 1 saturated heterocycles. The lowest BCUT2D eigenvalue weighted by Gasteiger charge is -2.14.